The number of phosphoric ester groups is 2. The average molecular weight is 860 g/mol. The van der Waals surface area contributed by atoms with Gasteiger partial charge in [0.15, 0.2) is 23.7 Å². The molecule has 2 fully saturated rings. The van der Waals surface area contributed by atoms with Gasteiger partial charge in [0.05, 0.1) is 32.7 Å². The van der Waals surface area contributed by atoms with Crippen molar-refractivity contribution >= 4 is 57.7 Å². The summed E-state index contributed by atoms with van der Waals surface area (Å²) in [7, 11) is -14.5. The molecular weight excluding hydrogens is 821 g/mol. The van der Waals surface area contributed by atoms with E-state index in [1.807, 2.05) is 0 Å². The van der Waals surface area contributed by atoms with Crippen LogP contribution in [0, 0.1) is 0 Å². The van der Waals surface area contributed by atoms with Crippen LogP contribution in [0.25, 0.3) is 22.3 Å². The number of ether oxygens (including phenoxy) is 4. The van der Waals surface area contributed by atoms with Crippen molar-refractivity contribution in [2.45, 2.75) is 69.0 Å². The van der Waals surface area contributed by atoms with E-state index in [-0.39, 0.29) is 34.2 Å². The first-order chi connectivity index (χ1) is 26.1. The summed E-state index contributed by atoms with van der Waals surface area (Å²) in [6.07, 6.45) is -8.95. The van der Waals surface area contributed by atoms with E-state index >= 15 is 0 Å². The molecule has 6 rings (SSSR count). The quantitative estimate of drug-likeness (QED) is 0.0442. The maximum Gasteiger partial charge on any atom is 0.490 e. The number of H-pyrrole nitrogens is 2. The number of nitrogens with two attached hydrogens (primary N) is 2. The lowest BCUT2D eigenvalue weighted by Crippen LogP contribution is -2.46. The minimum absolute atomic E-state index is 0.00256. The molecule has 56 heavy (non-hydrogen) atoms. The van der Waals surface area contributed by atoms with E-state index in [1.54, 1.807) is 13.8 Å². The predicted octanol–water partition coefficient (Wildman–Crippen LogP) is -2.46. The summed E-state index contributed by atoms with van der Waals surface area (Å²) < 4.78 is 83.0. The number of phosphoric acid groups is 3. The van der Waals surface area contributed by atoms with Crippen LogP contribution >= 0.6 is 23.5 Å². The smallest absolute Gasteiger partial charge is 0.387 e. The fraction of sp³-hybridized carbons (Fsp3) is 0.600. The van der Waals surface area contributed by atoms with Crippen LogP contribution in [0.15, 0.2) is 22.2 Å². The molecule has 28 nitrogen and oxygen atoms in total. The SMILES string of the molecule is COC1[C@@H](OC(C)C)[C@@H](COP(=O)(O)OP(=O)(O)OP(=O)(O)OC[C@H]2O[C@@H]([n+]3cn(C)c4c(=O)[nH]c(N)nc43)[C@@H](O)C2O)O[C@H]1n1cnc2c(=O)[nH]c(N)nc21. The number of imidazole rings is 2. The summed E-state index contributed by atoms with van der Waals surface area (Å²) in [4.78, 5) is 72.1. The Bertz CT molecular complexity index is 2370. The molecule has 0 amide bonds. The highest BCUT2D eigenvalue weighted by atomic mass is 31.3. The molecule has 0 saturated carbocycles. The second-order valence-electron chi connectivity index (χ2n) is 12.7. The Kier molecular flexibility index (Phi) is 11.8. The van der Waals surface area contributed by atoms with Crippen molar-refractivity contribution in [1.82, 2.24) is 34.1 Å². The fourth-order valence-electron chi connectivity index (χ4n) is 6.13. The first-order valence-corrected chi connectivity index (χ1v) is 20.6. The second kappa shape index (κ2) is 15.7. The molecule has 0 aromatic carbocycles. The molecular formula is C25H38N10O18P3+. The van der Waals surface area contributed by atoms with E-state index in [0.29, 0.717) is 0 Å². The van der Waals surface area contributed by atoms with Gasteiger partial charge in [-0.2, -0.15) is 13.6 Å². The average Bonchev–Trinajstić information content (AvgIpc) is 3.80. The molecule has 0 spiro atoms. The van der Waals surface area contributed by atoms with Crippen molar-refractivity contribution in [2.75, 3.05) is 31.8 Å². The third kappa shape index (κ3) is 8.65. The number of nitrogens with one attached hydrogen (secondary N) is 2. The largest absolute Gasteiger partial charge is 0.490 e. The number of rotatable bonds is 15. The monoisotopic (exact) mass is 859 g/mol. The Labute approximate surface area is 312 Å². The van der Waals surface area contributed by atoms with Crippen molar-refractivity contribution in [2.24, 2.45) is 7.05 Å². The molecule has 6 heterocycles. The standard InChI is InChI=1S/C25H37N10O18P3/c1-9(2)49-16-11(51-23(17(16)46-4)34-7-28-12-18(34)29-24(26)31-20(12)38)6-48-55(42,43)53-56(44,45)52-54(40,41)47-5-10-14(36)15(37)22(50-10)35-8-33(3)13-19(35)30-25(27)32-21(13)39/h7-11,14-17,22-23,36-37H,5-6H2,1-4H3,(H8-,26,27,29,30,31,32,38,39,40,41,42,43,44,45)/p+1/t10-,11-,14?,15+,16+,17?,22-,23-/m1/s1. The highest BCUT2D eigenvalue weighted by Crippen LogP contribution is 2.68. The molecule has 2 saturated heterocycles. The number of aliphatic hydroxyl groups excluding tert-OH is 2. The number of aromatic nitrogens is 8. The lowest BCUT2D eigenvalue weighted by atomic mass is 10.1. The van der Waals surface area contributed by atoms with Gasteiger partial charge in [0.25, 0.3) is 17.1 Å². The summed E-state index contributed by atoms with van der Waals surface area (Å²) in [5, 5.41) is 21.3. The number of aliphatic hydroxyl groups is 2. The zero-order chi connectivity index (χ0) is 41.1. The van der Waals surface area contributed by atoms with Crippen molar-refractivity contribution < 1.29 is 79.8 Å². The Morgan fingerprint density at radius 2 is 1.52 bits per heavy atom. The third-order valence-corrected chi connectivity index (χ3v) is 12.6. The van der Waals surface area contributed by atoms with Crippen LogP contribution < -0.4 is 27.2 Å². The Balaban J connectivity index is 1.09. The summed E-state index contributed by atoms with van der Waals surface area (Å²) in [5.41, 5.74) is 9.95. The van der Waals surface area contributed by atoms with Gasteiger partial charge in [0.1, 0.15) is 36.6 Å². The van der Waals surface area contributed by atoms with Gasteiger partial charge in [-0.3, -0.25) is 37.7 Å². The van der Waals surface area contributed by atoms with Crippen molar-refractivity contribution in [3.05, 3.63) is 33.4 Å². The minimum Gasteiger partial charge on any atom is -0.387 e. The van der Waals surface area contributed by atoms with E-state index in [2.05, 4.69) is 38.1 Å². The van der Waals surface area contributed by atoms with Crippen LogP contribution in [0.3, 0.4) is 0 Å². The highest BCUT2D eigenvalue weighted by Gasteiger charge is 2.51. The van der Waals surface area contributed by atoms with E-state index in [9.17, 15) is 48.2 Å². The van der Waals surface area contributed by atoms with Crippen LogP contribution in [0.4, 0.5) is 11.9 Å². The Morgan fingerprint density at radius 1 is 0.911 bits per heavy atom. The summed E-state index contributed by atoms with van der Waals surface area (Å²) >= 11 is 0. The van der Waals surface area contributed by atoms with Gasteiger partial charge in [-0.15, -0.1) is 0 Å². The van der Waals surface area contributed by atoms with Gasteiger partial charge in [-0.05, 0) is 13.8 Å². The van der Waals surface area contributed by atoms with Crippen molar-refractivity contribution in [3.63, 3.8) is 0 Å². The number of nitrogen functional groups attached to an aromatic ring is 2. The number of aryl methyl sites for hydroxylation is 1. The number of hydrogen-bond donors (Lipinski definition) is 9. The molecule has 4 aromatic rings. The van der Waals surface area contributed by atoms with Crippen LogP contribution in [0.2, 0.25) is 0 Å². The molecule has 11 atom stereocenters. The lowest BCUT2D eigenvalue weighted by molar-refractivity contribution is -0.745. The van der Waals surface area contributed by atoms with Crippen molar-refractivity contribution in [3.8, 4) is 0 Å². The number of methoxy groups -OCH3 is 1. The number of nitrogens with zero attached hydrogens (tertiary/aromatic N) is 6. The topological polar surface area (TPSA) is 396 Å². The van der Waals surface area contributed by atoms with E-state index < -0.39 is 103 Å². The summed E-state index contributed by atoms with van der Waals surface area (Å²) in [6, 6.07) is 0. The zero-order valence-corrected chi connectivity index (χ0v) is 32.2. The second-order valence-corrected chi connectivity index (χ2v) is 17.3. The van der Waals surface area contributed by atoms with E-state index in [0.717, 1.165) is 4.57 Å². The molecule has 2 aliphatic heterocycles. The molecule has 310 valence electrons. The zero-order valence-electron chi connectivity index (χ0n) is 29.5. The van der Waals surface area contributed by atoms with E-state index in [4.69, 9.17) is 34.9 Å². The molecule has 31 heteroatoms. The summed E-state index contributed by atoms with van der Waals surface area (Å²) in [5.74, 6) is -0.496. The minimum atomic E-state index is -5.97. The highest BCUT2D eigenvalue weighted by molar-refractivity contribution is 7.66. The number of fused-ring (bicyclic) bond motifs is 2. The van der Waals surface area contributed by atoms with Gasteiger partial charge >= 0.3 is 29.1 Å². The molecule has 2 aliphatic rings. The molecule has 0 aliphatic carbocycles. The maximum atomic E-state index is 12.8. The van der Waals surface area contributed by atoms with Gasteiger partial charge in [-0.25, -0.2) is 23.2 Å². The van der Waals surface area contributed by atoms with Crippen molar-refractivity contribution in [1.29, 1.82) is 0 Å². The normalized spacial score (nSPS) is 28.9. The third-order valence-electron chi connectivity index (χ3n) is 8.33. The predicted molar refractivity (Wildman–Crippen MR) is 183 cm³/mol. The first-order valence-electron chi connectivity index (χ1n) is 16.1. The molecule has 0 bridgehead atoms. The van der Waals surface area contributed by atoms with E-state index in [1.165, 1.54) is 35.9 Å². The molecule has 11 N–H and O–H groups in total. The van der Waals surface area contributed by atoms with Gasteiger partial charge in [-0.1, -0.05) is 4.98 Å². The van der Waals surface area contributed by atoms with Gasteiger partial charge in [0, 0.05) is 7.11 Å². The fourth-order valence-corrected chi connectivity index (χ4v) is 9.66. The Hall–Kier alpha value is -3.53. The number of anilines is 2. The van der Waals surface area contributed by atoms with Gasteiger partial charge < -0.3 is 55.3 Å². The molecule has 4 aromatic heterocycles. The Morgan fingerprint density at radius 3 is 2.14 bits per heavy atom. The lowest BCUT2D eigenvalue weighted by Gasteiger charge is -2.25. The molecule has 5 unspecified atom stereocenters. The van der Waals surface area contributed by atoms with Crippen LogP contribution in [-0.4, -0.2) is 122 Å². The molecule has 0 radical (unpaired) electrons. The van der Waals surface area contributed by atoms with Crippen LogP contribution in [-0.2, 0) is 57.4 Å². The van der Waals surface area contributed by atoms with Crippen LogP contribution in [0.5, 0.6) is 0 Å². The first kappa shape index (κ1) is 42.1. The maximum absolute atomic E-state index is 12.8. The van der Waals surface area contributed by atoms with Crippen LogP contribution in [0.1, 0.15) is 26.3 Å². The summed E-state index contributed by atoms with van der Waals surface area (Å²) in [6.45, 7) is 1.41. The number of hydrogen-bond acceptors (Lipinski definition) is 20. The van der Waals surface area contributed by atoms with Gasteiger partial charge in [0.2, 0.25) is 17.7 Å². The number of aromatic amines is 2.